The number of imide groups is 1. The number of nitrogens with one attached hydrogen (secondary N) is 2. The van der Waals surface area contributed by atoms with Gasteiger partial charge in [0.1, 0.15) is 15.9 Å². The Kier molecular flexibility index (Phi) is 3.95. The maximum Gasteiger partial charge on any atom is 0.263 e. The van der Waals surface area contributed by atoms with Crippen LogP contribution in [0.3, 0.4) is 0 Å². The molecule has 0 aromatic carbocycles. The van der Waals surface area contributed by atoms with Gasteiger partial charge in [-0.2, -0.15) is 5.10 Å². The van der Waals surface area contributed by atoms with Crippen molar-refractivity contribution in [2.24, 2.45) is 7.05 Å². The first-order chi connectivity index (χ1) is 10.9. The molecule has 9 heteroatoms. The number of thiazole rings is 1. The van der Waals surface area contributed by atoms with Gasteiger partial charge in [-0.05, 0) is 13.3 Å². The third kappa shape index (κ3) is 3.14. The van der Waals surface area contributed by atoms with Crippen LogP contribution in [-0.2, 0) is 16.6 Å². The molecule has 3 heterocycles. The summed E-state index contributed by atoms with van der Waals surface area (Å²) in [6.45, 7) is 1.75. The smallest absolute Gasteiger partial charge is 0.263 e. The highest BCUT2D eigenvalue weighted by Crippen LogP contribution is 2.27. The van der Waals surface area contributed by atoms with E-state index >= 15 is 0 Å². The number of rotatable bonds is 3. The standard InChI is InChI=1S/C14H15N5O3S/c1-7-11(23-14(16-7)8-5-15-19(2)6-8)13(22)17-9-3-4-10(20)18-12(9)21/h5-6,9H,3-4H2,1-2H3,(H,17,22)(H,18,20,21). The summed E-state index contributed by atoms with van der Waals surface area (Å²) < 4.78 is 1.66. The van der Waals surface area contributed by atoms with Gasteiger partial charge in [-0.3, -0.25) is 24.4 Å². The number of hydrogen-bond donors (Lipinski definition) is 2. The molecule has 1 aliphatic rings. The molecule has 8 nitrogen and oxygen atoms in total. The molecule has 3 amide bonds. The summed E-state index contributed by atoms with van der Waals surface area (Å²) in [5.74, 6) is -1.14. The van der Waals surface area contributed by atoms with Crippen LogP contribution in [0.1, 0.15) is 28.2 Å². The Labute approximate surface area is 135 Å². The van der Waals surface area contributed by atoms with E-state index in [-0.39, 0.29) is 18.2 Å². The van der Waals surface area contributed by atoms with Crippen molar-refractivity contribution < 1.29 is 14.4 Å². The lowest BCUT2D eigenvalue weighted by molar-refractivity contribution is -0.134. The van der Waals surface area contributed by atoms with Crippen LogP contribution in [0.2, 0.25) is 0 Å². The molecule has 1 fully saturated rings. The maximum atomic E-state index is 12.4. The fourth-order valence-corrected chi connectivity index (χ4v) is 3.26. The summed E-state index contributed by atoms with van der Waals surface area (Å²) in [4.78, 5) is 40.1. The molecular weight excluding hydrogens is 318 g/mol. The van der Waals surface area contributed by atoms with E-state index < -0.39 is 11.9 Å². The van der Waals surface area contributed by atoms with Crippen LogP contribution in [0, 0.1) is 6.92 Å². The van der Waals surface area contributed by atoms with Crippen LogP contribution < -0.4 is 10.6 Å². The number of hydrogen-bond acceptors (Lipinski definition) is 6. The lowest BCUT2D eigenvalue weighted by Crippen LogP contribution is -2.52. The quantitative estimate of drug-likeness (QED) is 0.790. The van der Waals surface area contributed by atoms with E-state index in [1.165, 1.54) is 11.3 Å². The van der Waals surface area contributed by atoms with Gasteiger partial charge in [-0.1, -0.05) is 0 Å². The van der Waals surface area contributed by atoms with Crippen LogP contribution in [-0.4, -0.2) is 38.5 Å². The number of carbonyl (C=O) groups excluding carboxylic acids is 3. The Morgan fingerprint density at radius 3 is 2.91 bits per heavy atom. The molecule has 1 atom stereocenters. The number of nitrogens with zero attached hydrogens (tertiary/aromatic N) is 3. The van der Waals surface area contributed by atoms with E-state index in [0.29, 0.717) is 22.0 Å². The lowest BCUT2D eigenvalue weighted by Gasteiger charge is -2.21. The predicted octanol–water partition coefficient (Wildman–Crippen LogP) is 0.387. The Bertz CT molecular complexity index is 794. The van der Waals surface area contributed by atoms with Crippen molar-refractivity contribution in [2.45, 2.75) is 25.8 Å². The van der Waals surface area contributed by atoms with E-state index in [1.807, 2.05) is 6.20 Å². The summed E-state index contributed by atoms with van der Waals surface area (Å²) in [6, 6.07) is -0.691. The molecule has 2 aromatic rings. The van der Waals surface area contributed by atoms with Crippen LogP contribution in [0.4, 0.5) is 0 Å². The normalized spacial score (nSPS) is 17.9. The van der Waals surface area contributed by atoms with E-state index in [9.17, 15) is 14.4 Å². The molecular formula is C14H15N5O3S. The number of piperidine rings is 1. The molecule has 0 saturated carbocycles. The first-order valence-corrected chi connectivity index (χ1v) is 7.86. The van der Waals surface area contributed by atoms with Gasteiger partial charge in [0, 0.05) is 25.2 Å². The minimum Gasteiger partial charge on any atom is -0.339 e. The monoisotopic (exact) mass is 333 g/mol. The first kappa shape index (κ1) is 15.3. The highest BCUT2D eigenvalue weighted by Gasteiger charge is 2.29. The number of amides is 3. The van der Waals surface area contributed by atoms with Crippen molar-refractivity contribution in [2.75, 3.05) is 0 Å². The van der Waals surface area contributed by atoms with E-state index in [0.717, 1.165) is 5.56 Å². The third-order valence-electron chi connectivity index (χ3n) is 3.50. The predicted molar refractivity (Wildman–Crippen MR) is 82.7 cm³/mol. The molecule has 3 rings (SSSR count). The Balaban J connectivity index is 1.76. The summed E-state index contributed by atoms with van der Waals surface area (Å²) >= 11 is 1.25. The second-order valence-corrected chi connectivity index (χ2v) is 6.31. The number of aromatic nitrogens is 3. The molecule has 23 heavy (non-hydrogen) atoms. The van der Waals surface area contributed by atoms with Crippen LogP contribution in [0.15, 0.2) is 12.4 Å². The fourth-order valence-electron chi connectivity index (χ4n) is 2.32. The van der Waals surface area contributed by atoms with Crippen molar-refractivity contribution in [3.05, 3.63) is 23.0 Å². The van der Waals surface area contributed by atoms with E-state index in [1.54, 1.807) is 24.9 Å². The second-order valence-electron chi connectivity index (χ2n) is 5.31. The molecule has 1 saturated heterocycles. The highest BCUT2D eigenvalue weighted by molar-refractivity contribution is 7.17. The molecule has 2 N–H and O–H groups in total. The van der Waals surface area contributed by atoms with E-state index in [2.05, 4.69) is 20.7 Å². The van der Waals surface area contributed by atoms with Crippen LogP contribution in [0.5, 0.6) is 0 Å². The summed E-state index contributed by atoms with van der Waals surface area (Å²) in [6.07, 6.45) is 4.03. The minimum atomic E-state index is -0.691. The summed E-state index contributed by atoms with van der Waals surface area (Å²) in [5.41, 5.74) is 1.43. The van der Waals surface area contributed by atoms with Gasteiger partial charge in [0.2, 0.25) is 11.8 Å². The lowest BCUT2D eigenvalue weighted by atomic mass is 10.1. The van der Waals surface area contributed by atoms with Gasteiger partial charge in [-0.15, -0.1) is 11.3 Å². The fraction of sp³-hybridized carbons (Fsp3) is 0.357. The van der Waals surface area contributed by atoms with Crippen LogP contribution >= 0.6 is 11.3 Å². The highest BCUT2D eigenvalue weighted by atomic mass is 32.1. The average molecular weight is 333 g/mol. The van der Waals surface area contributed by atoms with E-state index in [4.69, 9.17) is 0 Å². The van der Waals surface area contributed by atoms with Gasteiger partial charge < -0.3 is 5.32 Å². The Morgan fingerprint density at radius 2 is 2.26 bits per heavy atom. The third-order valence-corrected chi connectivity index (χ3v) is 4.70. The van der Waals surface area contributed by atoms with Crippen molar-refractivity contribution in [3.63, 3.8) is 0 Å². The van der Waals surface area contributed by atoms with Gasteiger partial charge >= 0.3 is 0 Å². The molecule has 0 spiro atoms. The molecule has 0 bridgehead atoms. The largest absolute Gasteiger partial charge is 0.339 e. The van der Waals surface area contributed by atoms with Crippen LogP contribution in [0.25, 0.3) is 10.6 Å². The summed E-state index contributed by atoms with van der Waals surface area (Å²) in [7, 11) is 1.81. The van der Waals surface area contributed by atoms with Gasteiger partial charge in [0.15, 0.2) is 0 Å². The topological polar surface area (TPSA) is 106 Å². The zero-order valence-corrected chi connectivity index (χ0v) is 13.4. The first-order valence-electron chi connectivity index (χ1n) is 7.05. The maximum absolute atomic E-state index is 12.4. The van der Waals surface area contributed by atoms with Crippen molar-refractivity contribution in [1.29, 1.82) is 0 Å². The molecule has 0 aliphatic carbocycles. The molecule has 2 aromatic heterocycles. The van der Waals surface area contributed by atoms with Crippen molar-refractivity contribution in [3.8, 4) is 10.6 Å². The minimum absolute atomic E-state index is 0.222. The molecule has 120 valence electrons. The number of carbonyl (C=O) groups is 3. The summed E-state index contributed by atoms with van der Waals surface area (Å²) in [5, 5.41) is 9.66. The Morgan fingerprint density at radius 1 is 1.48 bits per heavy atom. The van der Waals surface area contributed by atoms with Crippen molar-refractivity contribution in [1.82, 2.24) is 25.4 Å². The zero-order valence-electron chi connectivity index (χ0n) is 12.6. The zero-order chi connectivity index (χ0) is 16.6. The molecule has 1 unspecified atom stereocenters. The van der Waals surface area contributed by atoms with Gasteiger partial charge in [0.25, 0.3) is 5.91 Å². The number of aryl methyl sites for hydroxylation is 2. The second kappa shape index (κ2) is 5.92. The van der Waals surface area contributed by atoms with Gasteiger partial charge in [0.05, 0.1) is 11.9 Å². The van der Waals surface area contributed by atoms with Crippen molar-refractivity contribution >= 4 is 29.1 Å². The average Bonchev–Trinajstić information content (AvgIpc) is 3.08. The molecule has 0 radical (unpaired) electrons. The SMILES string of the molecule is Cc1nc(-c2cnn(C)c2)sc1C(=O)NC1CCC(=O)NC1=O. The van der Waals surface area contributed by atoms with Gasteiger partial charge in [-0.25, -0.2) is 4.98 Å². The molecule has 1 aliphatic heterocycles. The Hall–Kier alpha value is -2.55.